The predicted molar refractivity (Wildman–Crippen MR) is 65.6 cm³/mol. The van der Waals surface area contributed by atoms with Crippen molar-refractivity contribution in [3.63, 3.8) is 0 Å². The van der Waals surface area contributed by atoms with Crippen LogP contribution in [0.1, 0.15) is 11.1 Å². The van der Waals surface area contributed by atoms with Crippen LogP contribution in [0.3, 0.4) is 0 Å². The molecule has 0 radical (unpaired) electrons. The Labute approximate surface area is 102 Å². The molecule has 1 rings (SSSR count). The minimum Gasteiger partial charge on any atom is -0.481 e. The fourth-order valence-corrected chi connectivity index (χ4v) is 1.61. The lowest BCUT2D eigenvalue weighted by Crippen LogP contribution is -2.01. The molecule has 0 amide bonds. The molecule has 2 nitrogen and oxygen atoms in total. The number of carboxylic acid groups (broad SMARTS) is 1. The number of alkyl halides is 1. The van der Waals surface area contributed by atoms with Crippen LogP contribution in [0.2, 0.25) is 5.02 Å². The van der Waals surface area contributed by atoms with Gasteiger partial charge in [-0.15, -0.1) is 0 Å². The highest BCUT2D eigenvalue weighted by atomic mass is 79.9. The average molecular weight is 290 g/mol. The molecular formula is C11H10BrClO2. The topological polar surface area (TPSA) is 37.3 Å². The van der Waals surface area contributed by atoms with Gasteiger partial charge in [0.2, 0.25) is 0 Å². The van der Waals surface area contributed by atoms with Gasteiger partial charge in [0.25, 0.3) is 0 Å². The fraction of sp³-hybridized carbons (Fsp3) is 0.182. The summed E-state index contributed by atoms with van der Waals surface area (Å²) >= 11 is 9.08. The molecule has 0 saturated carbocycles. The van der Waals surface area contributed by atoms with E-state index in [0.29, 0.717) is 5.02 Å². The van der Waals surface area contributed by atoms with Gasteiger partial charge in [-0.1, -0.05) is 45.7 Å². The summed E-state index contributed by atoms with van der Waals surface area (Å²) in [4.78, 5) is 10.6. The van der Waals surface area contributed by atoms with Crippen molar-refractivity contribution in [2.75, 3.05) is 5.33 Å². The number of aliphatic carboxylic acids is 1. The number of hydrogen-bond acceptors (Lipinski definition) is 1. The van der Waals surface area contributed by atoms with Crippen molar-refractivity contribution in [2.24, 2.45) is 0 Å². The van der Waals surface area contributed by atoms with Gasteiger partial charge in [-0.25, -0.2) is 0 Å². The molecule has 80 valence electrons. The zero-order chi connectivity index (χ0) is 11.3. The Morgan fingerprint density at radius 1 is 1.53 bits per heavy atom. The van der Waals surface area contributed by atoms with Gasteiger partial charge in [0.05, 0.1) is 6.42 Å². The summed E-state index contributed by atoms with van der Waals surface area (Å²) in [6, 6.07) is 5.25. The van der Waals surface area contributed by atoms with Gasteiger partial charge in [-0.2, -0.15) is 0 Å². The van der Waals surface area contributed by atoms with Crippen LogP contribution in [-0.4, -0.2) is 16.4 Å². The standard InChI is InChI=1S/C11H10BrClO2/c12-5-1-2-8-3-4-10(13)6-9(8)7-11(14)15/h1-4,6H,5,7H2,(H,14,15). The van der Waals surface area contributed by atoms with Crippen molar-refractivity contribution in [1.29, 1.82) is 0 Å². The van der Waals surface area contributed by atoms with E-state index in [2.05, 4.69) is 15.9 Å². The predicted octanol–water partition coefficient (Wildman–Crippen LogP) is 3.38. The molecule has 0 aliphatic carbocycles. The molecule has 0 heterocycles. The van der Waals surface area contributed by atoms with Crippen molar-refractivity contribution in [1.82, 2.24) is 0 Å². The van der Waals surface area contributed by atoms with Crippen molar-refractivity contribution in [3.8, 4) is 0 Å². The summed E-state index contributed by atoms with van der Waals surface area (Å²) in [5.74, 6) is -0.856. The largest absolute Gasteiger partial charge is 0.481 e. The van der Waals surface area contributed by atoms with Gasteiger partial charge < -0.3 is 5.11 Å². The van der Waals surface area contributed by atoms with E-state index < -0.39 is 5.97 Å². The van der Waals surface area contributed by atoms with E-state index in [1.807, 2.05) is 18.2 Å². The molecule has 0 aliphatic heterocycles. The third-order valence-corrected chi connectivity index (χ3v) is 2.44. The number of hydrogen-bond donors (Lipinski definition) is 1. The normalized spacial score (nSPS) is 10.8. The molecular weight excluding hydrogens is 279 g/mol. The van der Waals surface area contributed by atoms with Crippen molar-refractivity contribution >= 4 is 39.6 Å². The number of allylic oxidation sites excluding steroid dienone is 1. The Kier molecular flexibility index (Phi) is 4.85. The molecule has 0 saturated heterocycles. The lowest BCUT2D eigenvalue weighted by atomic mass is 10.0. The summed E-state index contributed by atoms with van der Waals surface area (Å²) in [5, 5.41) is 10.0. The lowest BCUT2D eigenvalue weighted by Gasteiger charge is -2.03. The zero-order valence-electron chi connectivity index (χ0n) is 7.91. The third kappa shape index (κ3) is 4.06. The van der Waals surface area contributed by atoms with Crippen LogP contribution < -0.4 is 0 Å². The Morgan fingerprint density at radius 3 is 2.87 bits per heavy atom. The molecule has 1 aromatic carbocycles. The highest BCUT2D eigenvalue weighted by Crippen LogP contribution is 2.18. The SMILES string of the molecule is O=C(O)Cc1cc(Cl)ccc1C=CCBr. The first kappa shape index (κ1) is 12.3. The Bertz CT molecular complexity index is 388. The smallest absolute Gasteiger partial charge is 0.307 e. The van der Waals surface area contributed by atoms with Crippen LogP contribution in [0.4, 0.5) is 0 Å². The zero-order valence-corrected chi connectivity index (χ0v) is 10.3. The molecule has 0 bridgehead atoms. The average Bonchev–Trinajstić information content (AvgIpc) is 2.16. The van der Waals surface area contributed by atoms with Crippen LogP contribution in [0, 0.1) is 0 Å². The van der Waals surface area contributed by atoms with Crippen molar-refractivity contribution in [2.45, 2.75) is 6.42 Å². The Hall–Kier alpha value is -0.800. The Balaban J connectivity index is 3.02. The van der Waals surface area contributed by atoms with Gasteiger partial charge in [0.1, 0.15) is 0 Å². The van der Waals surface area contributed by atoms with Gasteiger partial charge >= 0.3 is 5.97 Å². The Morgan fingerprint density at radius 2 is 2.27 bits per heavy atom. The van der Waals surface area contributed by atoms with Crippen LogP contribution in [0.5, 0.6) is 0 Å². The number of halogens is 2. The summed E-state index contributed by atoms with van der Waals surface area (Å²) in [6.07, 6.45) is 3.78. The first-order chi connectivity index (χ1) is 7.13. The number of carboxylic acids is 1. The molecule has 0 spiro atoms. The number of carbonyl (C=O) groups is 1. The minimum absolute atomic E-state index is 0.0114. The highest BCUT2D eigenvalue weighted by molar-refractivity contribution is 9.09. The molecule has 0 aromatic heterocycles. The molecule has 0 atom stereocenters. The van der Waals surface area contributed by atoms with Crippen molar-refractivity contribution in [3.05, 3.63) is 40.4 Å². The van der Waals surface area contributed by atoms with Gasteiger partial charge in [-0.3, -0.25) is 4.79 Å². The molecule has 15 heavy (non-hydrogen) atoms. The van der Waals surface area contributed by atoms with Gasteiger partial charge in [-0.05, 0) is 23.3 Å². The molecule has 1 N–H and O–H groups in total. The van der Waals surface area contributed by atoms with E-state index in [0.717, 1.165) is 16.5 Å². The summed E-state index contributed by atoms with van der Waals surface area (Å²) in [7, 11) is 0. The second-order valence-corrected chi connectivity index (χ2v) is 4.05. The summed E-state index contributed by atoms with van der Waals surface area (Å²) in [5.41, 5.74) is 1.62. The maximum atomic E-state index is 10.6. The molecule has 1 aromatic rings. The van der Waals surface area contributed by atoms with Crippen molar-refractivity contribution < 1.29 is 9.90 Å². The summed E-state index contributed by atoms with van der Waals surface area (Å²) in [6.45, 7) is 0. The monoisotopic (exact) mass is 288 g/mol. The van der Waals surface area contributed by atoms with Gasteiger partial charge in [0, 0.05) is 10.4 Å². The van der Waals surface area contributed by atoms with E-state index in [1.165, 1.54) is 0 Å². The minimum atomic E-state index is -0.856. The molecule has 0 fully saturated rings. The highest BCUT2D eigenvalue weighted by Gasteiger charge is 2.05. The third-order valence-electron chi connectivity index (χ3n) is 1.83. The van der Waals surface area contributed by atoms with Crippen LogP contribution in [0.15, 0.2) is 24.3 Å². The van der Waals surface area contributed by atoms with E-state index in [1.54, 1.807) is 12.1 Å². The van der Waals surface area contributed by atoms with E-state index in [-0.39, 0.29) is 6.42 Å². The first-order valence-electron chi connectivity index (χ1n) is 4.36. The maximum Gasteiger partial charge on any atom is 0.307 e. The summed E-state index contributed by atoms with van der Waals surface area (Å²) < 4.78 is 0. The van der Waals surface area contributed by atoms with Crippen LogP contribution >= 0.6 is 27.5 Å². The lowest BCUT2D eigenvalue weighted by molar-refractivity contribution is -0.136. The molecule has 0 aliphatic rings. The van der Waals surface area contributed by atoms with Crippen LogP contribution in [0.25, 0.3) is 6.08 Å². The van der Waals surface area contributed by atoms with E-state index in [4.69, 9.17) is 16.7 Å². The number of rotatable bonds is 4. The van der Waals surface area contributed by atoms with Gasteiger partial charge in [0.15, 0.2) is 0 Å². The van der Waals surface area contributed by atoms with Crippen LogP contribution in [-0.2, 0) is 11.2 Å². The second kappa shape index (κ2) is 5.93. The fourth-order valence-electron chi connectivity index (χ4n) is 1.22. The second-order valence-electron chi connectivity index (χ2n) is 2.97. The first-order valence-corrected chi connectivity index (χ1v) is 5.86. The molecule has 4 heteroatoms. The molecule has 0 unspecified atom stereocenters. The quantitative estimate of drug-likeness (QED) is 0.863. The maximum absolute atomic E-state index is 10.6. The van der Waals surface area contributed by atoms with E-state index in [9.17, 15) is 4.79 Å². The van der Waals surface area contributed by atoms with E-state index >= 15 is 0 Å². The number of benzene rings is 1.